The first-order valence-corrected chi connectivity index (χ1v) is 6.99. The minimum Gasteiger partial charge on any atom is -0.493 e. The number of hydrogen-bond acceptors (Lipinski definition) is 5. The third-order valence-corrected chi connectivity index (χ3v) is 4.17. The quantitative estimate of drug-likeness (QED) is 0.626. The first kappa shape index (κ1) is 15.7. The maximum absolute atomic E-state index is 12.2. The Bertz CT molecular complexity index is 619. The van der Waals surface area contributed by atoms with E-state index in [1.807, 2.05) is 0 Å². The summed E-state index contributed by atoms with van der Waals surface area (Å²) in [6.07, 6.45) is 1.62. The van der Waals surface area contributed by atoms with Crippen molar-refractivity contribution in [2.75, 3.05) is 14.2 Å². The van der Waals surface area contributed by atoms with Crippen molar-refractivity contribution in [1.29, 1.82) is 0 Å². The summed E-state index contributed by atoms with van der Waals surface area (Å²) < 4.78 is 34.3. The fourth-order valence-electron chi connectivity index (χ4n) is 1.66. The third kappa shape index (κ3) is 3.51. The molecule has 8 heteroatoms. The minimum absolute atomic E-state index is 0.0623. The van der Waals surface area contributed by atoms with Crippen molar-refractivity contribution in [3.63, 3.8) is 0 Å². The van der Waals surface area contributed by atoms with Crippen molar-refractivity contribution in [3.05, 3.63) is 28.7 Å². The van der Waals surface area contributed by atoms with Crippen molar-refractivity contribution in [1.82, 2.24) is 4.90 Å². The zero-order chi connectivity index (χ0) is 15.6. The summed E-state index contributed by atoms with van der Waals surface area (Å²) in [6, 6.07) is 4.44. The maximum atomic E-state index is 12.2. The van der Waals surface area contributed by atoms with Gasteiger partial charge in [-0.2, -0.15) is 8.78 Å². The molecule has 0 aliphatic carbocycles. The average molecular weight is 331 g/mol. The predicted octanol–water partition coefficient (Wildman–Crippen LogP) is 3.13. The van der Waals surface area contributed by atoms with Crippen LogP contribution in [0.15, 0.2) is 23.1 Å². The Hall–Kier alpha value is -1.67. The molecule has 1 fully saturated rings. The summed E-state index contributed by atoms with van der Waals surface area (Å²) in [5, 5.41) is 0. The Balaban J connectivity index is 2.30. The van der Waals surface area contributed by atoms with Gasteiger partial charge in [-0.25, -0.2) is 0 Å². The molecular weight excluding hydrogens is 320 g/mol. The standard InChI is InChI=1S/C13H11F2NO3S2/c1-16-11(17)10(21-13(16)20)6-7-3-4-8(19-12(14)15)9(5-7)18-2/h3-6,12H,1-2H3/b10-6+. The van der Waals surface area contributed by atoms with Gasteiger partial charge in [-0.1, -0.05) is 30.0 Å². The molecule has 2 rings (SSSR count). The van der Waals surface area contributed by atoms with Gasteiger partial charge in [0.25, 0.3) is 5.91 Å². The summed E-state index contributed by atoms with van der Waals surface area (Å²) in [7, 11) is 2.95. The fraction of sp³-hybridized carbons (Fsp3) is 0.231. The summed E-state index contributed by atoms with van der Waals surface area (Å²) in [5.41, 5.74) is 0.627. The van der Waals surface area contributed by atoms with E-state index in [0.717, 1.165) is 0 Å². The van der Waals surface area contributed by atoms with Crippen molar-refractivity contribution in [2.45, 2.75) is 6.61 Å². The number of alkyl halides is 2. The van der Waals surface area contributed by atoms with Gasteiger partial charge in [-0.05, 0) is 23.8 Å². The van der Waals surface area contributed by atoms with Crippen LogP contribution in [-0.4, -0.2) is 35.9 Å². The van der Waals surface area contributed by atoms with Crippen LogP contribution in [0.1, 0.15) is 5.56 Å². The molecule has 1 aromatic rings. The predicted molar refractivity (Wildman–Crippen MR) is 80.6 cm³/mol. The van der Waals surface area contributed by atoms with Crippen LogP contribution in [0.4, 0.5) is 8.78 Å². The maximum Gasteiger partial charge on any atom is 0.387 e. The Morgan fingerprint density at radius 3 is 2.62 bits per heavy atom. The highest BCUT2D eigenvalue weighted by Crippen LogP contribution is 2.34. The first-order valence-electron chi connectivity index (χ1n) is 5.76. The molecule has 0 atom stereocenters. The number of thiocarbonyl (C=S) groups is 1. The van der Waals surface area contributed by atoms with Crippen molar-refractivity contribution >= 4 is 40.3 Å². The van der Waals surface area contributed by atoms with Gasteiger partial charge < -0.3 is 9.47 Å². The number of benzene rings is 1. The normalized spacial score (nSPS) is 17.0. The molecule has 0 unspecified atom stereocenters. The van der Waals surface area contributed by atoms with Gasteiger partial charge in [0.1, 0.15) is 4.32 Å². The second-order valence-corrected chi connectivity index (χ2v) is 5.71. The lowest BCUT2D eigenvalue weighted by atomic mass is 10.2. The average Bonchev–Trinajstić information content (AvgIpc) is 2.67. The summed E-state index contributed by atoms with van der Waals surface area (Å²) in [5.74, 6) is -0.0967. The molecule has 0 saturated carbocycles. The lowest BCUT2D eigenvalue weighted by molar-refractivity contribution is -0.121. The number of nitrogens with zero attached hydrogens (tertiary/aromatic N) is 1. The topological polar surface area (TPSA) is 38.8 Å². The monoisotopic (exact) mass is 331 g/mol. The molecule has 0 N–H and O–H groups in total. The zero-order valence-corrected chi connectivity index (χ0v) is 12.8. The van der Waals surface area contributed by atoms with Crippen LogP contribution in [0.25, 0.3) is 6.08 Å². The van der Waals surface area contributed by atoms with Crippen LogP contribution >= 0.6 is 24.0 Å². The van der Waals surface area contributed by atoms with Crippen LogP contribution < -0.4 is 9.47 Å². The molecule has 1 aromatic carbocycles. The van der Waals surface area contributed by atoms with Gasteiger partial charge in [0.15, 0.2) is 11.5 Å². The molecule has 1 aliphatic rings. The van der Waals surface area contributed by atoms with Crippen LogP contribution in [-0.2, 0) is 4.79 Å². The molecule has 1 saturated heterocycles. The second-order valence-electron chi connectivity index (χ2n) is 4.03. The number of thioether (sulfide) groups is 1. The Kier molecular flexibility index (Phi) is 4.79. The lowest BCUT2D eigenvalue weighted by Crippen LogP contribution is -2.22. The fourth-order valence-corrected chi connectivity index (χ4v) is 2.84. The van der Waals surface area contributed by atoms with E-state index in [2.05, 4.69) is 4.74 Å². The van der Waals surface area contributed by atoms with Gasteiger partial charge >= 0.3 is 6.61 Å². The van der Waals surface area contributed by atoms with Crippen LogP contribution in [0.3, 0.4) is 0 Å². The number of rotatable bonds is 4. The third-order valence-electron chi connectivity index (χ3n) is 2.69. The Morgan fingerprint density at radius 1 is 1.38 bits per heavy atom. The number of ether oxygens (including phenoxy) is 2. The van der Waals surface area contributed by atoms with Gasteiger partial charge in [-0.3, -0.25) is 9.69 Å². The van der Waals surface area contributed by atoms with Crippen molar-refractivity contribution in [2.24, 2.45) is 0 Å². The van der Waals surface area contributed by atoms with Crippen LogP contribution in [0.2, 0.25) is 0 Å². The van der Waals surface area contributed by atoms with Gasteiger partial charge in [0, 0.05) is 7.05 Å². The molecule has 112 valence electrons. The summed E-state index contributed by atoms with van der Waals surface area (Å²) in [4.78, 5) is 13.7. The number of carbonyl (C=O) groups is 1. The van der Waals surface area contributed by atoms with E-state index in [-0.39, 0.29) is 17.4 Å². The number of likely N-dealkylation sites (N-methyl/N-ethyl adjacent to an activating group) is 1. The lowest BCUT2D eigenvalue weighted by Gasteiger charge is -2.10. The highest BCUT2D eigenvalue weighted by molar-refractivity contribution is 8.26. The van der Waals surface area contributed by atoms with E-state index >= 15 is 0 Å². The molecule has 1 amide bonds. The van der Waals surface area contributed by atoms with Gasteiger partial charge in [0.2, 0.25) is 0 Å². The van der Waals surface area contributed by atoms with E-state index in [0.29, 0.717) is 14.8 Å². The van der Waals surface area contributed by atoms with E-state index in [1.54, 1.807) is 19.2 Å². The van der Waals surface area contributed by atoms with E-state index in [1.165, 1.54) is 35.9 Å². The molecule has 0 radical (unpaired) electrons. The second kappa shape index (κ2) is 6.40. The van der Waals surface area contributed by atoms with Crippen LogP contribution in [0, 0.1) is 0 Å². The minimum atomic E-state index is -2.93. The number of carbonyl (C=O) groups excluding carboxylic acids is 1. The molecule has 0 bridgehead atoms. The van der Waals surface area contributed by atoms with Crippen molar-refractivity contribution < 1.29 is 23.0 Å². The molecule has 0 spiro atoms. The van der Waals surface area contributed by atoms with Gasteiger partial charge in [0.05, 0.1) is 12.0 Å². The summed E-state index contributed by atoms with van der Waals surface area (Å²) >= 11 is 6.21. The number of hydrogen-bond donors (Lipinski definition) is 0. The molecule has 21 heavy (non-hydrogen) atoms. The van der Waals surface area contributed by atoms with E-state index < -0.39 is 6.61 Å². The molecule has 1 heterocycles. The molecule has 0 aromatic heterocycles. The van der Waals surface area contributed by atoms with Crippen LogP contribution in [0.5, 0.6) is 11.5 Å². The van der Waals surface area contributed by atoms with E-state index in [4.69, 9.17) is 17.0 Å². The molecule has 1 aliphatic heterocycles. The number of amides is 1. The van der Waals surface area contributed by atoms with Crippen molar-refractivity contribution in [3.8, 4) is 11.5 Å². The molecule has 4 nitrogen and oxygen atoms in total. The summed E-state index contributed by atoms with van der Waals surface area (Å²) in [6.45, 7) is -2.93. The number of halogens is 2. The highest BCUT2D eigenvalue weighted by Gasteiger charge is 2.28. The molecular formula is C13H11F2NO3S2. The SMILES string of the molecule is COc1cc(/C=C2/SC(=S)N(C)C2=O)ccc1OC(F)F. The Morgan fingerprint density at radius 2 is 2.10 bits per heavy atom. The van der Waals surface area contributed by atoms with Gasteiger partial charge in [-0.15, -0.1) is 0 Å². The zero-order valence-electron chi connectivity index (χ0n) is 11.1. The van der Waals surface area contributed by atoms with E-state index in [9.17, 15) is 13.6 Å². The smallest absolute Gasteiger partial charge is 0.387 e. The highest BCUT2D eigenvalue weighted by atomic mass is 32.2. The number of methoxy groups -OCH3 is 1. The first-order chi connectivity index (χ1) is 9.92. The Labute approximate surface area is 129 Å². The largest absolute Gasteiger partial charge is 0.493 e.